The van der Waals surface area contributed by atoms with E-state index >= 15 is 0 Å². The lowest BCUT2D eigenvalue weighted by atomic mass is 10.1. The Kier molecular flexibility index (Phi) is 5.13. The first-order valence-electron chi connectivity index (χ1n) is 6.30. The summed E-state index contributed by atoms with van der Waals surface area (Å²) >= 11 is 0. The highest BCUT2D eigenvalue weighted by Crippen LogP contribution is 2.11. The lowest BCUT2D eigenvalue weighted by molar-refractivity contribution is -0.124. The largest absolute Gasteiger partial charge is 0.348 e. The number of carbonyl (C=O) groups excluding carboxylic acids is 1. The molecule has 0 spiro atoms. The summed E-state index contributed by atoms with van der Waals surface area (Å²) in [7, 11) is 0. The number of pyridine rings is 1. The van der Waals surface area contributed by atoms with Gasteiger partial charge in [0, 0.05) is 11.6 Å². The van der Waals surface area contributed by atoms with Gasteiger partial charge in [-0.2, -0.15) is 0 Å². The van der Waals surface area contributed by atoms with Gasteiger partial charge >= 0.3 is 0 Å². The van der Waals surface area contributed by atoms with Crippen LogP contribution in [0.2, 0.25) is 0 Å². The quantitative estimate of drug-likeness (QED) is 0.851. The fourth-order valence-corrected chi connectivity index (χ4v) is 1.59. The molecule has 0 saturated carbocycles. The number of hydrogen-bond acceptors (Lipinski definition) is 2. The summed E-state index contributed by atoms with van der Waals surface area (Å²) in [6.07, 6.45) is 2.07. The average Bonchev–Trinajstić information content (AvgIpc) is 2.29. The number of amides is 1. The minimum absolute atomic E-state index is 0.0104. The van der Waals surface area contributed by atoms with Crippen LogP contribution >= 0.6 is 0 Å². The van der Waals surface area contributed by atoms with Gasteiger partial charge in [-0.1, -0.05) is 33.3 Å². The number of aromatic nitrogens is 1. The first-order chi connectivity index (χ1) is 8.04. The van der Waals surface area contributed by atoms with Crippen molar-refractivity contribution in [3.05, 3.63) is 29.6 Å². The molecule has 1 unspecified atom stereocenters. The van der Waals surface area contributed by atoms with Gasteiger partial charge in [0.25, 0.3) is 0 Å². The molecule has 0 radical (unpaired) electrons. The Hall–Kier alpha value is -1.38. The van der Waals surface area contributed by atoms with Crippen LogP contribution in [0.1, 0.15) is 51.5 Å². The molecule has 3 heteroatoms. The molecule has 1 amide bonds. The maximum absolute atomic E-state index is 11.6. The summed E-state index contributed by atoms with van der Waals surface area (Å²) in [6, 6.07) is 5.97. The Morgan fingerprint density at radius 1 is 1.35 bits per heavy atom. The van der Waals surface area contributed by atoms with E-state index in [0.29, 0.717) is 0 Å². The highest BCUT2D eigenvalue weighted by molar-refractivity contribution is 5.78. The van der Waals surface area contributed by atoms with Crippen LogP contribution in [0.3, 0.4) is 0 Å². The van der Waals surface area contributed by atoms with Crippen LogP contribution in [-0.4, -0.2) is 10.9 Å². The van der Waals surface area contributed by atoms with E-state index in [-0.39, 0.29) is 17.9 Å². The van der Waals surface area contributed by atoms with Crippen LogP contribution in [0.4, 0.5) is 0 Å². The topological polar surface area (TPSA) is 42.0 Å². The van der Waals surface area contributed by atoms with E-state index in [2.05, 4.69) is 17.2 Å². The van der Waals surface area contributed by atoms with Crippen molar-refractivity contribution in [2.75, 3.05) is 0 Å². The minimum atomic E-state index is -0.0262. The number of hydrogen-bond donors (Lipinski definition) is 1. The Morgan fingerprint density at radius 3 is 2.65 bits per heavy atom. The van der Waals surface area contributed by atoms with Gasteiger partial charge in [-0.15, -0.1) is 0 Å². The molecule has 1 N–H and O–H groups in total. The molecule has 0 bridgehead atoms. The Morgan fingerprint density at radius 2 is 2.06 bits per heavy atom. The molecule has 0 aromatic carbocycles. The highest BCUT2D eigenvalue weighted by atomic mass is 16.1. The van der Waals surface area contributed by atoms with Crippen molar-refractivity contribution in [2.45, 2.75) is 46.6 Å². The second kappa shape index (κ2) is 6.38. The zero-order chi connectivity index (χ0) is 12.8. The number of nitrogens with one attached hydrogen (secondary N) is 1. The first-order valence-corrected chi connectivity index (χ1v) is 6.30. The standard InChI is InChI=1S/C14H22N2O/c1-5-7-12-8-6-9-13(16-12)11(4)15-14(17)10(2)3/h6,8-11H,5,7H2,1-4H3,(H,15,17). The molecular formula is C14H22N2O. The third-order valence-corrected chi connectivity index (χ3v) is 2.66. The average molecular weight is 234 g/mol. The van der Waals surface area contributed by atoms with Gasteiger partial charge in [-0.05, 0) is 25.5 Å². The third-order valence-electron chi connectivity index (χ3n) is 2.66. The summed E-state index contributed by atoms with van der Waals surface area (Å²) in [6.45, 7) is 7.89. The van der Waals surface area contributed by atoms with E-state index in [1.807, 2.05) is 39.0 Å². The number of nitrogens with zero attached hydrogens (tertiary/aromatic N) is 1. The van der Waals surface area contributed by atoms with Crippen molar-refractivity contribution in [3.8, 4) is 0 Å². The maximum atomic E-state index is 11.6. The van der Waals surface area contributed by atoms with Gasteiger partial charge in [0.15, 0.2) is 0 Å². The molecule has 3 nitrogen and oxygen atoms in total. The number of carbonyl (C=O) groups is 1. The van der Waals surface area contributed by atoms with E-state index in [1.165, 1.54) is 0 Å². The summed E-state index contributed by atoms with van der Waals surface area (Å²) in [4.78, 5) is 16.2. The first kappa shape index (κ1) is 13.7. The fraction of sp³-hybridized carbons (Fsp3) is 0.571. The minimum Gasteiger partial charge on any atom is -0.348 e. The molecule has 94 valence electrons. The number of rotatable bonds is 5. The van der Waals surface area contributed by atoms with Crippen LogP contribution in [0.25, 0.3) is 0 Å². The van der Waals surface area contributed by atoms with E-state index in [0.717, 1.165) is 24.2 Å². The molecule has 0 aliphatic rings. The smallest absolute Gasteiger partial charge is 0.223 e. The molecule has 0 fully saturated rings. The lowest BCUT2D eigenvalue weighted by Crippen LogP contribution is -2.30. The Bertz CT molecular complexity index is 374. The van der Waals surface area contributed by atoms with Crippen LogP contribution < -0.4 is 5.32 Å². The second-order valence-electron chi connectivity index (χ2n) is 4.69. The van der Waals surface area contributed by atoms with Crippen molar-refractivity contribution in [2.24, 2.45) is 5.92 Å². The maximum Gasteiger partial charge on any atom is 0.223 e. The van der Waals surface area contributed by atoms with Gasteiger partial charge in [0.1, 0.15) is 0 Å². The van der Waals surface area contributed by atoms with Gasteiger partial charge in [0.2, 0.25) is 5.91 Å². The van der Waals surface area contributed by atoms with Crippen molar-refractivity contribution in [1.29, 1.82) is 0 Å². The SMILES string of the molecule is CCCc1cccc(C(C)NC(=O)C(C)C)n1. The van der Waals surface area contributed by atoms with E-state index in [4.69, 9.17) is 0 Å². The molecule has 1 aromatic heterocycles. The van der Waals surface area contributed by atoms with Crippen molar-refractivity contribution >= 4 is 5.91 Å². The monoisotopic (exact) mass is 234 g/mol. The van der Waals surface area contributed by atoms with Crippen molar-refractivity contribution in [1.82, 2.24) is 10.3 Å². The predicted octanol–water partition coefficient (Wildman–Crippen LogP) is 2.87. The fourth-order valence-electron chi connectivity index (χ4n) is 1.59. The number of aryl methyl sites for hydroxylation is 1. The zero-order valence-corrected chi connectivity index (χ0v) is 11.2. The second-order valence-corrected chi connectivity index (χ2v) is 4.69. The summed E-state index contributed by atoms with van der Waals surface area (Å²) in [5, 5.41) is 2.96. The van der Waals surface area contributed by atoms with E-state index in [9.17, 15) is 4.79 Å². The van der Waals surface area contributed by atoms with Crippen molar-refractivity contribution < 1.29 is 4.79 Å². The Labute approximate surface area is 104 Å². The van der Waals surface area contributed by atoms with Gasteiger partial charge in [-0.25, -0.2) is 0 Å². The van der Waals surface area contributed by atoms with Crippen LogP contribution in [-0.2, 0) is 11.2 Å². The normalized spacial score (nSPS) is 12.5. The van der Waals surface area contributed by atoms with E-state index in [1.54, 1.807) is 0 Å². The molecule has 0 aliphatic carbocycles. The summed E-state index contributed by atoms with van der Waals surface area (Å²) < 4.78 is 0. The molecule has 1 atom stereocenters. The Balaban J connectivity index is 2.71. The predicted molar refractivity (Wildman–Crippen MR) is 69.6 cm³/mol. The van der Waals surface area contributed by atoms with Gasteiger partial charge in [0.05, 0.1) is 11.7 Å². The molecule has 0 saturated heterocycles. The third kappa shape index (κ3) is 4.17. The highest BCUT2D eigenvalue weighted by Gasteiger charge is 2.13. The lowest BCUT2D eigenvalue weighted by Gasteiger charge is -2.15. The van der Waals surface area contributed by atoms with E-state index < -0.39 is 0 Å². The summed E-state index contributed by atoms with van der Waals surface area (Å²) in [5.41, 5.74) is 2.03. The zero-order valence-electron chi connectivity index (χ0n) is 11.2. The van der Waals surface area contributed by atoms with Crippen LogP contribution in [0, 0.1) is 5.92 Å². The van der Waals surface area contributed by atoms with Gasteiger partial charge in [-0.3, -0.25) is 9.78 Å². The molecule has 1 heterocycles. The summed E-state index contributed by atoms with van der Waals surface area (Å²) in [5.74, 6) is 0.0801. The molecular weight excluding hydrogens is 212 g/mol. The van der Waals surface area contributed by atoms with Gasteiger partial charge < -0.3 is 5.32 Å². The molecule has 0 aliphatic heterocycles. The molecule has 1 rings (SSSR count). The molecule has 1 aromatic rings. The van der Waals surface area contributed by atoms with Crippen molar-refractivity contribution in [3.63, 3.8) is 0 Å². The molecule has 17 heavy (non-hydrogen) atoms. The van der Waals surface area contributed by atoms with Crippen LogP contribution in [0.15, 0.2) is 18.2 Å². The van der Waals surface area contributed by atoms with Crippen LogP contribution in [0.5, 0.6) is 0 Å².